The normalized spacial score (nSPS) is 11.5. The number of carbonyl (C=O) groups excluding carboxylic acids is 1. The van der Waals surface area contributed by atoms with Crippen LogP contribution in [0.1, 0.15) is 53.4 Å². The summed E-state index contributed by atoms with van der Waals surface area (Å²) in [4.78, 5) is 11.5. The van der Waals surface area contributed by atoms with Crippen LogP contribution in [-0.4, -0.2) is 65.3 Å². The molecule has 26 heavy (non-hydrogen) atoms. The van der Waals surface area contributed by atoms with Gasteiger partial charge in [-0.15, -0.1) is 0 Å². The van der Waals surface area contributed by atoms with Crippen molar-refractivity contribution in [1.29, 1.82) is 0 Å². The molecule has 1 N–H and O–H groups in total. The fourth-order valence-corrected chi connectivity index (χ4v) is 2.11. The maximum absolute atomic E-state index is 11.5. The molecule has 0 spiro atoms. The standard InChI is InChI=1S/C20H41NO5/c1-18(2)6-5-10-23-12-14-25-16-17-26-15-13-24-11-8-20(22)21-9-7-19(3)4/h18-19H,5-17H2,1-4H3,(H,21,22). The molecule has 0 unspecified atom stereocenters. The van der Waals surface area contributed by atoms with Crippen LogP contribution in [0.15, 0.2) is 0 Å². The van der Waals surface area contributed by atoms with Crippen molar-refractivity contribution < 1.29 is 23.7 Å². The molecule has 0 radical (unpaired) electrons. The summed E-state index contributed by atoms with van der Waals surface area (Å²) in [6.45, 7) is 14.1. The zero-order valence-electron chi connectivity index (χ0n) is 17.4. The van der Waals surface area contributed by atoms with Crippen molar-refractivity contribution in [2.75, 3.05) is 59.4 Å². The van der Waals surface area contributed by atoms with Crippen molar-refractivity contribution in [1.82, 2.24) is 5.32 Å². The quantitative estimate of drug-likeness (QED) is 0.352. The summed E-state index contributed by atoms with van der Waals surface area (Å²) in [7, 11) is 0. The molecule has 0 aliphatic carbocycles. The van der Waals surface area contributed by atoms with Gasteiger partial charge in [0.2, 0.25) is 5.91 Å². The third-order valence-electron chi connectivity index (χ3n) is 3.70. The van der Waals surface area contributed by atoms with Gasteiger partial charge in [-0.05, 0) is 31.1 Å². The van der Waals surface area contributed by atoms with Gasteiger partial charge in [-0.2, -0.15) is 0 Å². The van der Waals surface area contributed by atoms with E-state index in [4.69, 9.17) is 18.9 Å². The van der Waals surface area contributed by atoms with Crippen molar-refractivity contribution in [3.05, 3.63) is 0 Å². The van der Waals surface area contributed by atoms with Crippen LogP contribution in [0, 0.1) is 11.8 Å². The molecular formula is C20H41NO5. The Labute approximate surface area is 160 Å². The van der Waals surface area contributed by atoms with Gasteiger partial charge in [0, 0.05) is 19.6 Å². The highest BCUT2D eigenvalue weighted by molar-refractivity contribution is 5.75. The second kappa shape index (κ2) is 19.1. The molecule has 6 nitrogen and oxygen atoms in total. The summed E-state index contributed by atoms with van der Waals surface area (Å²) in [6.07, 6.45) is 3.73. The van der Waals surface area contributed by atoms with E-state index >= 15 is 0 Å². The van der Waals surface area contributed by atoms with E-state index in [0.29, 0.717) is 58.6 Å². The van der Waals surface area contributed by atoms with Crippen molar-refractivity contribution in [2.45, 2.75) is 53.4 Å². The maximum atomic E-state index is 11.5. The molecule has 0 bridgehead atoms. The van der Waals surface area contributed by atoms with E-state index < -0.39 is 0 Å². The number of carbonyl (C=O) groups is 1. The molecule has 6 heteroatoms. The Morgan fingerprint density at radius 1 is 0.692 bits per heavy atom. The second-order valence-electron chi connectivity index (χ2n) is 7.27. The highest BCUT2D eigenvalue weighted by Crippen LogP contribution is 2.02. The molecule has 0 saturated carbocycles. The third-order valence-corrected chi connectivity index (χ3v) is 3.70. The van der Waals surface area contributed by atoms with Crippen LogP contribution in [0.3, 0.4) is 0 Å². The van der Waals surface area contributed by atoms with Crippen LogP contribution < -0.4 is 5.32 Å². The monoisotopic (exact) mass is 375 g/mol. The lowest BCUT2D eigenvalue weighted by Crippen LogP contribution is -2.26. The third kappa shape index (κ3) is 21.4. The van der Waals surface area contributed by atoms with E-state index in [1.165, 1.54) is 6.42 Å². The molecule has 0 heterocycles. The molecule has 0 aromatic rings. The van der Waals surface area contributed by atoms with Gasteiger partial charge in [0.1, 0.15) is 0 Å². The van der Waals surface area contributed by atoms with Crippen LogP contribution in [-0.2, 0) is 23.7 Å². The molecule has 1 amide bonds. The predicted molar refractivity (Wildman–Crippen MR) is 104 cm³/mol. The van der Waals surface area contributed by atoms with Crippen LogP contribution in [0.5, 0.6) is 0 Å². The van der Waals surface area contributed by atoms with E-state index in [2.05, 4.69) is 33.0 Å². The Bertz CT molecular complexity index is 311. The zero-order chi connectivity index (χ0) is 19.5. The zero-order valence-corrected chi connectivity index (χ0v) is 17.4. The molecule has 0 aromatic carbocycles. The average molecular weight is 376 g/mol. The fourth-order valence-electron chi connectivity index (χ4n) is 2.11. The van der Waals surface area contributed by atoms with Gasteiger partial charge in [-0.1, -0.05) is 27.7 Å². The number of rotatable bonds is 19. The number of hydrogen-bond donors (Lipinski definition) is 1. The predicted octanol–water partition coefficient (Wildman–Crippen LogP) is 3.04. The van der Waals surface area contributed by atoms with Crippen LogP contribution in [0.25, 0.3) is 0 Å². The minimum Gasteiger partial charge on any atom is -0.379 e. The Hall–Kier alpha value is -0.690. The van der Waals surface area contributed by atoms with E-state index in [1.54, 1.807) is 0 Å². The number of ether oxygens (including phenoxy) is 4. The van der Waals surface area contributed by atoms with Gasteiger partial charge < -0.3 is 24.3 Å². The van der Waals surface area contributed by atoms with Crippen molar-refractivity contribution in [3.8, 4) is 0 Å². The first-order valence-electron chi connectivity index (χ1n) is 10.1. The van der Waals surface area contributed by atoms with Gasteiger partial charge in [-0.3, -0.25) is 4.79 Å². The van der Waals surface area contributed by atoms with Crippen molar-refractivity contribution >= 4 is 5.91 Å². The highest BCUT2D eigenvalue weighted by Gasteiger charge is 2.01. The lowest BCUT2D eigenvalue weighted by molar-refractivity contribution is -0.122. The number of hydrogen-bond acceptors (Lipinski definition) is 5. The molecule has 0 saturated heterocycles. The van der Waals surface area contributed by atoms with Crippen LogP contribution in [0.2, 0.25) is 0 Å². The van der Waals surface area contributed by atoms with E-state index in [9.17, 15) is 4.79 Å². The van der Waals surface area contributed by atoms with E-state index in [-0.39, 0.29) is 5.91 Å². The van der Waals surface area contributed by atoms with Crippen LogP contribution >= 0.6 is 0 Å². The highest BCUT2D eigenvalue weighted by atomic mass is 16.6. The molecule has 0 atom stereocenters. The summed E-state index contributed by atoms with van der Waals surface area (Å²) in [5, 5.41) is 2.89. The number of nitrogens with one attached hydrogen (secondary N) is 1. The summed E-state index contributed by atoms with van der Waals surface area (Å²) in [6, 6.07) is 0. The van der Waals surface area contributed by atoms with E-state index in [1.807, 2.05) is 0 Å². The molecule has 0 aliphatic heterocycles. The first-order valence-corrected chi connectivity index (χ1v) is 10.1. The van der Waals surface area contributed by atoms with Crippen molar-refractivity contribution in [3.63, 3.8) is 0 Å². The topological polar surface area (TPSA) is 66.0 Å². The summed E-state index contributed by atoms with van der Waals surface area (Å²) < 4.78 is 21.7. The van der Waals surface area contributed by atoms with Gasteiger partial charge in [0.05, 0.1) is 46.2 Å². The summed E-state index contributed by atoms with van der Waals surface area (Å²) >= 11 is 0. The van der Waals surface area contributed by atoms with Crippen molar-refractivity contribution in [2.24, 2.45) is 11.8 Å². The molecule has 0 aliphatic rings. The lowest BCUT2D eigenvalue weighted by atomic mass is 10.1. The first-order chi connectivity index (χ1) is 12.5. The largest absolute Gasteiger partial charge is 0.379 e. The average Bonchev–Trinajstić information content (AvgIpc) is 2.57. The maximum Gasteiger partial charge on any atom is 0.222 e. The summed E-state index contributed by atoms with van der Waals surface area (Å²) in [5.41, 5.74) is 0. The van der Waals surface area contributed by atoms with E-state index in [0.717, 1.165) is 31.9 Å². The summed E-state index contributed by atoms with van der Waals surface area (Å²) in [5.74, 6) is 1.39. The Kier molecular flexibility index (Phi) is 18.6. The Morgan fingerprint density at radius 2 is 1.15 bits per heavy atom. The van der Waals surface area contributed by atoms with Gasteiger partial charge in [-0.25, -0.2) is 0 Å². The van der Waals surface area contributed by atoms with Gasteiger partial charge in [0.15, 0.2) is 0 Å². The Morgan fingerprint density at radius 3 is 1.65 bits per heavy atom. The van der Waals surface area contributed by atoms with Gasteiger partial charge >= 0.3 is 0 Å². The van der Waals surface area contributed by atoms with Crippen LogP contribution in [0.4, 0.5) is 0 Å². The molecule has 0 aromatic heterocycles. The first kappa shape index (κ1) is 25.3. The van der Waals surface area contributed by atoms with Gasteiger partial charge in [0.25, 0.3) is 0 Å². The Balaban J connectivity index is 3.12. The molecule has 0 rings (SSSR count). The molecule has 156 valence electrons. The lowest BCUT2D eigenvalue weighted by Gasteiger charge is -2.09. The molecule has 0 fully saturated rings. The minimum absolute atomic E-state index is 0.0476. The minimum atomic E-state index is 0.0476. The fraction of sp³-hybridized carbons (Fsp3) is 0.950. The smallest absolute Gasteiger partial charge is 0.222 e. The number of amides is 1. The molecular weight excluding hydrogens is 334 g/mol. The SMILES string of the molecule is CC(C)CCCOCCOCCOCCOCCC(=O)NCCC(C)C. The second-order valence-corrected chi connectivity index (χ2v) is 7.27.